The Bertz CT molecular complexity index is 655. The van der Waals surface area contributed by atoms with Crippen molar-refractivity contribution in [2.75, 3.05) is 6.61 Å². The fourth-order valence-corrected chi connectivity index (χ4v) is 6.57. The largest absolute Gasteiger partial charge is 0.394 e. The number of hydrogen-bond donors (Lipinski definition) is 4. The van der Waals surface area contributed by atoms with Crippen molar-refractivity contribution in [2.24, 2.45) is 0 Å². The molecule has 280 valence electrons. The predicted octanol–water partition coefficient (Wildman–Crippen LogP) is 11.7. The maximum atomic E-state index is 12.4. The summed E-state index contributed by atoms with van der Waals surface area (Å²) < 4.78 is 0. The molecular formula is C42H83NO4. The number of amides is 1. The molecule has 0 aliphatic rings. The molecule has 0 aromatic heterocycles. The molecule has 47 heavy (non-hydrogen) atoms. The minimum Gasteiger partial charge on any atom is -0.394 e. The summed E-state index contributed by atoms with van der Waals surface area (Å²) in [6.07, 6.45) is 43.1. The molecular weight excluding hydrogens is 582 g/mol. The third kappa shape index (κ3) is 33.4. The van der Waals surface area contributed by atoms with E-state index in [1.807, 2.05) is 0 Å². The second kappa shape index (κ2) is 37.9. The summed E-state index contributed by atoms with van der Waals surface area (Å²) in [4.78, 5) is 12.4. The van der Waals surface area contributed by atoms with Gasteiger partial charge in [-0.3, -0.25) is 4.79 Å². The Morgan fingerprint density at radius 3 is 1.26 bits per heavy atom. The van der Waals surface area contributed by atoms with Crippen molar-refractivity contribution in [3.05, 3.63) is 12.2 Å². The number of carbonyl (C=O) groups excluding carboxylic acids is 1. The molecule has 5 nitrogen and oxygen atoms in total. The second-order valence-electron chi connectivity index (χ2n) is 14.5. The third-order valence-corrected chi connectivity index (χ3v) is 9.87. The van der Waals surface area contributed by atoms with Gasteiger partial charge in [-0.1, -0.05) is 193 Å². The van der Waals surface area contributed by atoms with E-state index in [4.69, 9.17) is 0 Å². The number of rotatable bonds is 38. The molecule has 1 amide bonds. The smallest absolute Gasteiger partial charge is 0.220 e. The molecule has 0 aliphatic carbocycles. The van der Waals surface area contributed by atoms with Gasteiger partial charge >= 0.3 is 0 Å². The van der Waals surface area contributed by atoms with E-state index in [-0.39, 0.29) is 12.5 Å². The average Bonchev–Trinajstić information content (AvgIpc) is 3.07. The lowest BCUT2D eigenvalue weighted by atomic mass is 9.99. The predicted molar refractivity (Wildman–Crippen MR) is 204 cm³/mol. The van der Waals surface area contributed by atoms with E-state index < -0.39 is 18.2 Å². The van der Waals surface area contributed by atoms with Gasteiger partial charge in [0, 0.05) is 6.42 Å². The van der Waals surface area contributed by atoms with Crippen molar-refractivity contribution in [2.45, 2.75) is 244 Å². The van der Waals surface area contributed by atoms with Crippen LogP contribution in [0.4, 0.5) is 0 Å². The minimum absolute atomic E-state index is 0.148. The summed E-state index contributed by atoms with van der Waals surface area (Å²) in [6, 6.07) is -0.807. The fourth-order valence-electron chi connectivity index (χ4n) is 6.57. The van der Waals surface area contributed by atoms with Gasteiger partial charge in [-0.25, -0.2) is 0 Å². The van der Waals surface area contributed by atoms with E-state index in [9.17, 15) is 20.1 Å². The average molecular weight is 666 g/mol. The molecule has 0 saturated carbocycles. The molecule has 0 rings (SSSR count). The van der Waals surface area contributed by atoms with Crippen molar-refractivity contribution in [3.63, 3.8) is 0 Å². The van der Waals surface area contributed by atoms with Crippen LogP contribution in [-0.4, -0.2) is 46.1 Å². The molecule has 0 aliphatic heterocycles. The molecule has 4 N–H and O–H groups in total. The van der Waals surface area contributed by atoms with Gasteiger partial charge in [-0.15, -0.1) is 0 Å². The summed E-state index contributed by atoms with van der Waals surface area (Å²) in [7, 11) is 0. The summed E-state index contributed by atoms with van der Waals surface area (Å²) in [5.74, 6) is -0.148. The van der Waals surface area contributed by atoms with Crippen molar-refractivity contribution in [3.8, 4) is 0 Å². The monoisotopic (exact) mass is 666 g/mol. The van der Waals surface area contributed by atoms with Gasteiger partial charge in [0.15, 0.2) is 0 Å². The summed E-state index contributed by atoms with van der Waals surface area (Å²) >= 11 is 0. The molecule has 0 aromatic carbocycles. The molecule has 0 saturated heterocycles. The van der Waals surface area contributed by atoms with Gasteiger partial charge < -0.3 is 20.6 Å². The van der Waals surface area contributed by atoms with Gasteiger partial charge in [0.05, 0.1) is 18.8 Å². The van der Waals surface area contributed by atoms with Crippen molar-refractivity contribution in [1.82, 2.24) is 5.32 Å². The highest BCUT2D eigenvalue weighted by Crippen LogP contribution is 2.16. The van der Waals surface area contributed by atoms with Gasteiger partial charge in [-0.2, -0.15) is 0 Å². The molecule has 3 atom stereocenters. The van der Waals surface area contributed by atoms with Gasteiger partial charge in [0.1, 0.15) is 6.10 Å². The summed E-state index contributed by atoms with van der Waals surface area (Å²) in [5, 5.41) is 33.5. The molecule has 3 unspecified atom stereocenters. The SMILES string of the molecule is CCCCCC/C=C\CCCCCCCCCC(=O)NC(CO)C(O)C(O)CCCCCCCCCCCCCCCCCCCC. The number of hydrogen-bond acceptors (Lipinski definition) is 4. The van der Waals surface area contributed by atoms with Crippen LogP contribution in [0, 0.1) is 0 Å². The Morgan fingerprint density at radius 1 is 0.511 bits per heavy atom. The first-order valence-corrected chi connectivity index (χ1v) is 21.0. The van der Waals surface area contributed by atoms with E-state index in [0.717, 1.165) is 38.5 Å². The number of aliphatic hydroxyl groups excluding tert-OH is 3. The Morgan fingerprint density at radius 2 is 0.851 bits per heavy atom. The van der Waals surface area contributed by atoms with E-state index in [1.54, 1.807) is 0 Å². The second-order valence-corrected chi connectivity index (χ2v) is 14.5. The van der Waals surface area contributed by atoms with Crippen LogP contribution in [0.1, 0.15) is 226 Å². The van der Waals surface area contributed by atoms with Crippen LogP contribution < -0.4 is 5.32 Å². The fraction of sp³-hybridized carbons (Fsp3) is 0.929. The topological polar surface area (TPSA) is 89.8 Å². The third-order valence-electron chi connectivity index (χ3n) is 9.87. The standard InChI is InChI=1S/C42H83NO4/c1-3-5-7-9-11-13-15-17-19-20-21-23-24-26-28-30-32-34-36-40(45)42(47)39(38-44)43-41(46)37-35-33-31-29-27-25-22-18-16-14-12-10-8-6-4-2/h14,16,39-40,42,44-45,47H,3-13,15,17-38H2,1-2H3,(H,43,46)/b16-14-. The van der Waals surface area contributed by atoms with E-state index in [2.05, 4.69) is 31.3 Å². The Hall–Kier alpha value is -0.910. The van der Waals surface area contributed by atoms with Crippen molar-refractivity contribution < 1.29 is 20.1 Å². The molecule has 0 heterocycles. The minimum atomic E-state index is -1.13. The number of aliphatic hydroxyl groups is 3. The van der Waals surface area contributed by atoms with Gasteiger partial charge in [0.2, 0.25) is 5.91 Å². The van der Waals surface area contributed by atoms with Crippen molar-refractivity contribution in [1.29, 1.82) is 0 Å². The molecule has 0 aromatic rings. The molecule has 5 heteroatoms. The highest BCUT2D eigenvalue weighted by atomic mass is 16.3. The zero-order valence-corrected chi connectivity index (χ0v) is 31.7. The first-order chi connectivity index (χ1) is 23.1. The van der Waals surface area contributed by atoms with Crippen molar-refractivity contribution >= 4 is 5.91 Å². The van der Waals surface area contributed by atoms with E-state index in [1.165, 1.54) is 161 Å². The first-order valence-electron chi connectivity index (χ1n) is 21.0. The lowest BCUT2D eigenvalue weighted by Gasteiger charge is -2.26. The maximum absolute atomic E-state index is 12.4. The number of unbranched alkanes of at least 4 members (excludes halogenated alkanes) is 28. The van der Waals surface area contributed by atoms with Crippen LogP contribution in [0.2, 0.25) is 0 Å². The quantitative estimate of drug-likeness (QED) is 0.0390. The first kappa shape index (κ1) is 46.1. The zero-order chi connectivity index (χ0) is 34.5. The lowest BCUT2D eigenvalue weighted by molar-refractivity contribution is -0.124. The summed E-state index contributed by atoms with van der Waals surface area (Å²) in [5.41, 5.74) is 0. The molecule has 0 fully saturated rings. The molecule has 0 spiro atoms. The molecule has 0 radical (unpaired) electrons. The van der Waals surface area contributed by atoms with Crippen LogP contribution in [0.5, 0.6) is 0 Å². The highest BCUT2D eigenvalue weighted by molar-refractivity contribution is 5.76. The van der Waals surface area contributed by atoms with E-state index in [0.29, 0.717) is 12.8 Å². The Kier molecular flexibility index (Phi) is 37.2. The van der Waals surface area contributed by atoms with Crippen LogP contribution in [0.3, 0.4) is 0 Å². The van der Waals surface area contributed by atoms with Crippen LogP contribution in [-0.2, 0) is 4.79 Å². The van der Waals surface area contributed by atoms with Gasteiger partial charge in [0.25, 0.3) is 0 Å². The Labute approximate surface area is 293 Å². The number of carbonyl (C=O) groups is 1. The van der Waals surface area contributed by atoms with Crippen LogP contribution in [0.25, 0.3) is 0 Å². The Balaban J connectivity index is 3.63. The van der Waals surface area contributed by atoms with E-state index >= 15 is 0 Å². The highest BCUT2D eigenvalue weighted by Gasteiger charge is 2.26. The van der Waals surface area contributed by atoms with Crippen LogP contribution >= 0.6 is 0 Å². The normalized spacial score (nSPS) is 13.7. The maximum Gasteiger partial charge on any atom is 0.220 e. The number of allylic oxidation sites excluding steroid dienone is 2. The lowest BCUT2D eigenvalue weighted by Crippen LogP contribution is -2.50. The number of nitrogens with one attached hydrogen (secondary N) is 1. The van der Waals surface area contributed by atoms with Crippen LogP contribution in [0.15, 0.2) is 12.2 Å². The summed E-state index contributed by atoms with van der Waals surface area (Å²) in [6.45, 7) is 4.17. The zero-order valence-electron chi connectivity index (χ0n) is 31.7. The molecule has 0 bridgehead atoms. The van der Waals surface area contributed by atoms with Gasteiger partial charge in [-0.05, 0) is 38.5 Å².